The topological polar surface area (TPSA) is 62.3 Å². The van der Waals surface area contributed by atoms with E-state index in [9.17, 15) is 9.59 Å². The summed E-state index contributed by atoms with van der Waals surface area (Å²) in [5.74, 6) is 0.474. The molecule has 1 fully saturated rings. The third kappa shape index (κ3) is 3.98. The van der Waals surface area contributed by atoms with Gasteiger partial charge in [-0.15, -0.1) is 11.8 Å². The maximum atomic E-state index is 12.8. The molecule has 1 saturated heterocycles. The number of carbonyl (C=O) groups excluding carboxylic acids is 2. The van der Waals surface area contributed by atoms with Crippen LogP contribution in [0.3, 0.4) is 0 Å². The quantitative estimate of drug-likeness (QED) is 0.772. The largest absolute Gasteiger partial charge is 0.324 e. The third-order valence-corrected chi connectivity index (χ3v) is 5.72. The van der Waals surface area contributed by atoms with E-state index in [1.54, 1.807) is 0 Å². The molecule has 0 saturated carbocycles. The molecule has 1 atom stereocenters. The zero-order valence-electron chi connectivity index (χ0n) is 14.3. The first-order chi connectivity index (χ1) is 12.4. The summed E-state index contributed by atoms with van der Waals surface area (Å²) in [7, 11) is 0. The van der Waals surface area contributed by atoms with Gasteiger partial charge in [0.2, 0.25) is 5.91 Å². The van der Waals surface area contributed by atoms with Crippen LogP contribution in [0.25, 0.3) is 0 Å². The number of hydrogen-bond donors (Lipinski definition) is 1. The number of aryl methyl sites for hydroxylation is 1. The molecule has 1 aromatic heterocycles. The molecule has 5 nitrogen and oxygen atoms in total. The summed E-state index contributed by atoms with van der Waals surface area (Å²) in [6.07, 6.45) is 0. The van der Waals surface area contributed by atoms with Crippen LogP contribution < -0.4 is 5.32 Å². The number of pyridine rings is 1. The van der Waals surface area contributed by atoms with E-state index in [0.29, 0.717) is 17.2 Å². The highest BCUT2D eigenvalue weighted by Crippen LogP contribution is 2.26. The second-order valence-electron chi connectivity index (χ2n) is 6.03. The van der Waals surface area contributed by atoms with Crippen LogP contribution in [0.15, 0.2) is 30.3 Å². The van der Waals surface area contributed by atoms with Crippen molar-refractivity contribution in [1.29, 1.82) is 0 Å². The van der Waals surface area contributed by atoms with E-state index in [2.05, 4.69) is 10.3 Å². The molecule has 1 aliphatic rings. The van der Waals surface area contributed by atoms with Crippen LogP contribution in [0.2, 0.25) is 10.3 Å². The van der Waals surface area contributed by atoms with Gasteiger partial charge in [0.05, 0.1) is 5.88 Å². The Bertz CT molecular complexity index is 855. The lowest BCUT2D eigenvalue weighted by Gasteiger charge is -2.23. The van der Waals surface area contributed by atoms with E-state index in [-0.39, 0.29) is 22.1 Å². The molecule has 26 heavy (non-hydrogen) atoms. The molecule has 8 heteroatoms. The molecule has 0 aliphatic carbocycles. The third-order valence-electron chi connectivity index (χ3n) is 4.32. The number of thioether (sulfide) groups is 1. The molecular weight excluding hydrogens is 393 g/mol. The Morgan fingerprint density at radius 2 is 1.92 bits per heavy atom. The fourth-order valence-corrected chi connectivity index (χ4v) is 4.33. The lowest BCUT2D eigenvalue weighted by molar-refractivity contribution is -0.119. The molecule has 2 amide bonds. The molecule has 2 heterocycles. The first kappa shape index (κ1) is 19.0. The van der Waals surface area contributed by atoms with Gasteiger partial charge in [-0.05, 0) is 43.2 Å². The smallest absolute Gasteiger partial charge is 0.255 e. The van der Waals surface area contributed by atoms with Crippen molar-refractivity contribution in [1.82, 2.24) is 9.88 Å². The van der Waals surface area contributed by atoms with Crippen molar-refractivity contribution >= 4 is 52.5 Å². The minimum atomic E-state index is -0.557. The fraction of sp³-hybridized carbons (Fsp3) is 0.278. The maximum Gasteiger partial charge on any atom is 0.255 e. The zero-order chi connectivity index (χ0) is 18.8. The van der Waals surface area contributed by atoms with E-state index in [4.69, 9.17) is 23.2 Å². The molecule has 0 radical (unpaired) electrons. The van der Waals surface area contributed by atoms with Crippen molar-refractivity contribution in [2.24, 2.45) is 0 Å². The Balaban J connectivity index is 1.80. The second kappa shape index (κ2) is 7.86. The van der Waals surface area contributed by atoms with Gasteiger partial charge in [0.15, 0.2) is 0 Å². The number of nitrogens with zero attached hydrogens (tertiary/aromatic N) is 2. The van der Waals surface area contributed by atoms with Crippen molar-refractivity contribution in [3.05, 3.63) is 57.3 Å². The van der Waals surface area contributed by atoms with E-state index in [1.807, 2.05) is 32.0 Å². The number of hydrogen-bond acceptors (Lipinski definition) is 4. The minimum Gasteiger partial charge on any atom is -0.324 e. The number of rotatable bonds is 3. The summed E-state index contributed by atoms with van der Waals surface area (Å²) >= 11 is 13.3. The lowest BCUT2D eigenvalue weighted by Crippen LogP contribution is -2.44. The average Bonchev–Trinajstić information content (AvgIpc) is 3.07. The highest BCUT2D eigenvalue weighted by Gasteiger charge is 2.35. The number of anilines is 1. The van der Waals surface area contributed by atoms with Gasteiger partial charge in [-0.1, -0.05) is 35.3 Å². The Hall–Kier alpha value is -1.76. The molecule has 1 aromatic carbocycles. The zero-order valence-corrected chi connectivity index (χ0v) is 16.6. The van der Waals surface area contributed by atoms with Crippen LogP contribution >= 0.6 is 35.0 Å². The van der Waals surface area contributed by atoms with Gasteiger partial charge in [-0.2, -0.15) is 0 Å². The van der Waals surface area contributed by atoms with Crippen LogP contribution in [-0.2, 0) is 4.79 Å². The second-order valence-corrected chi connectivity index (χ2v) is 7.80. The summed E-state index contributed by atoms with van der Waals surface area (Å²) in [5, 5.41) is 3.23. The van der Waals surface area contributed by atoms with Crippen LogP contribution in [0.1, 0.15) is 21.5 Å². The summed E-state index contributed by atoms with van der Waals surface area (Å²) in [6.45, 7) is 3.95. The Morgan fingerprint density at radius 1 is 1.23 bits per heavy atom. The van der Waals surface area contributed by atoms with Crippen LogP contribution in [0.5, 0.6) is 0 Å². The van der Waals surface area contributed by atoms with Gasteiger partial charge < -0.3 is 10.2 Å². The predicted molar refractivity (Wildman–Crippen MR) is 106 cm³/mol. The molecule has 136 valence electrons. The Labute approximate surface area is 166 Å². The number of carbonyl (C=O) groups is 2. The summed E-state index contributed by atoms with van der Waals surface area (Å²) in [6, 6.07) is 8.10. The highest BCUT2D eigenvalue weighted by atomic mass is 35.5. The standard InChI is InChI=1S/C18H17Cl2N3O2S/c1-10-4-3-5-13(11(10)2)21-17(24)14-8-26-9-23(14)18(25)12-6-15(19)22-16(20)7-12/h3-7,14H,8-9H2,1-2H3,(H,21,24). The first-order valence-electron chi connectivity index (χ1n) is 7.95. The van der Waals surface area contributed by atoms with Gasteiger partial charge >= 0.3 is 0 Å². The lowest BCUT2D eigenvalue weighted by atomic mass is 10.1. The molecule has 1 N–H and O–H groups in total. The Morgan fingerprint density at radius 3 is 2.62 bits per heavy atom. The van der Waals surface area contributed by atoms with E-state index >= 15 is 0 Å². The van der Waals surface area contributed by atoms with Gasteiger partial charge in [-0.25, -0.2) is 4.98 Å². The number of halogens is 2. The molecule has 0 bridgehead atoms. The molecule has 1 unspecified atom stereocenters. The van der Waals surface area contributed by atoms with Gasteiger partial charge in [0.1, 0.15) is 16.3 Å². The maximum absolute atomic E-state index is 12.8. The van der Waals surface area contributed by atoms with Crippen LogP contribution in [0.4, 0.5) is 5.69 Å². The van der Waals surface area contributed by atoms with Crippen molar-refractivity contribution < 1.29 is 9.59 Å². The monoisotopic (exact) mass is 409 g/mol. The van der Waals surface area contributed by atoms with E-state index in [0.717, 1.165) is 16.8 Å². The Kier molecular flexibility index (Phi) is 5.75. The van der Waals surface area contributed by atoms with E-state index in [1.165, 1.54) is 28.8 Å². The molecule has 1 aliphatic heterocycles. The molecule has 3 rings (SSSR count). The number of benzene rings is 1. The molecule has 2 aromatic rings. The van der Waals surface area contributed by atoms with Crippen molar-refractivity contribution in [2.45, 2.75) is 19.9 Å². The number of amides is 2. The fourth-order valence-electron chi connectivity index (χ4n) is 2.72. The van der Waals surface area contributed by atoms with Crippen molar-refractivity contribution in [2.75, 3.05) is 16.9 Å². The molecular formula is C18H17Cl2N3O2S. The minimum absolute atomic E-state index is 0.143. The van der Waals surface area contributed by atoms with Crippen LogP contribution in [0, 0.1) is 13.8 Å². The summed E-state index contributed by atoms with van der Waals surface area (Å²) < 4.78 is 0. The van der Waals surface area contributed by atoms with Crippen molar-refractivity contribution in [3.63, 3.8) is 0 Å². The summed E-state index contributed by atoms with van der Waals surface area (Å²) in [5.41, 5.74) is 3.19. The van der Waals surface area contributed by atoms with E-state index < -0.39 is 6.04 Å². The molecule has 0 spiro atoms. The first-order valence-corrected chi connectivity index (χ1v) is 9.87. The normalized spacial score (nSPS) is 16.6. The average molecular weight is 410 g/mol. The summed E-state index contributed by atoms with van der Waals surface area (Å²) in [4.78, 5) is 31.0. The number of aromatic nitrogens is 1. The van der Waals surface area contributed by atoms with Gasteiger partial charge in [0.25, 0.3) is 5.91 Å². The van der Waals surface area contributed by atoms with Gasteiger partial charge in [-0.3, -0.25) is 9.59 Å². The highest BCUT2D eigenvalue weighted by molar-refractivity contribution is 7.99. The van der Waals surface area contributed by atoms with Crippen LogP contribution in [-0.4, -0.2) is 39.4 Å². The van der Waals surface area contributed by atoms with Gasteiger partial charge in [0, 0.05) is 17.0 Å². The number of nitrogens with one attached hydrogen (secondary N) is 1. The predicted octanol–water partition coefficient (Wildman–Crippen LogP) is 4.16. The van der Waals surface area contributed by atoms with Crippen molar-refractivity contribution in [3.8, 4) is 0 Å². The SMILES string of the molecule is Cc1cccc(NC(=O)C2CSCN2C(=O)c2cc(Cl)nc(Cl)c2)c1C.